The third-order valence-electron chi connectivity index (χ3n) is 6.26. The van der Waals surface area contributed by atoms with Crippen LogP contribution in [0.25, 0.3) is 0 Å². The lowest BCUT2D eigenvalue weighted by molar-refractivity contribution is -0.384. The maximum atomic E-state index is 10.9. The average Bonchev–Trinajstić information content (AvgIpc) is 3.26. The van der Waals surface area contributed by atoms with Gasteiger partial charge in [0.15, 0.2) is 0 Å². The molecule has 2 fully saturated rings. The maximum absolute atomic E-state index is 10.9. The number of nitro benzene ring substituents is 1. The number of anilines is 1. The SMILES string of the molecule is O=[N+]([O-])c1ccc(CO/N=C2/CCC[C@@H]3ON(c4ccccc4)[C@@H](c4ccccc4)[C@H]23)cc1. The van der Waals surface area contributed by atoms with Gasteiger partial charge in [-0.3, -0.25) is 15.0 Å². The summed E-state index contributed by atoms with van der Waals surface area (Å²) >= 11 is 0. The molecule has 0 bridgehead atoms. The predicted molar refractivity (Wildman–Crippen MR) is 126 cm³/mol. The first-order valence-corrected chi connectivity index (χ1v) is 11.2. The molecule has 3 aromatic rings. The zero-order valence-corrected chi connectivity index (χ0v) is 18.1. The van der Waals surface area contributed by atoms with Crippen LogP contribution in [0.1, 0.15) is 36.4 Å². The first-order chi connectivity index (χ1) is 16.2. The van der Waals surface area contributed by atoms with Gasteiger partial charge in [0, 0.05) is 12.1 Å². The molecule has 7 heteroatoms. The number of nitrogens with zero attached hydrogens (tertiary/aromatic N) is 3. The van der Waals surface area contributed by atoms with Crippen LogP contribution in [0.3, 0.4) is 0 Å². The molecule has 7 nitrogen and oxygen atoms in total. The van der Waals surface area contributed by atoms with Gasteiger partial charge in [-0.25, -0.2) is 5.06 Å². The van der Waals surface area contributed by atoms with Gasteiger partial charge in [0.25, 0.3) is 5.69 Å². The fraction of sp³-hybridized carbons (Fsp3) is 0.269. The van der Waals surface area contributed by atoms with Gasteiger partial charge in [0.05, 0.1) is 34.4 Å². The van der Waals surface area contributed by atoms with Gasteiger partial charge in [-0.05, 0) is 54.7 Å². The summed E-state index contributed by atoms with van der Waals surface area (Å²) < 4.78 is 0. The number of non-ortho nitro benzene ring substituents is 1. The van der Waals surface area contributed by atoms with Crippen molar-refractivity contribution in [2.75, 3.05) is 5.06 Å². The summed E-state index contributed by atoms with van der Waals surface area (Å²) in [5.74, 6) is 0.0817. The lowest BCUT2D eigenvalue weighted by atomic mass is 9.78. The molecule has 1 heterocycles. The van der Waals surface area contributed by atoms with E-state index in [0.717, 1.165) is 36.2 Å². The smallest absolute Gasteiger partial charge is 0.269 e. The monoisotopic (exact) mass is 443 g/mol. The first-order valence-electron chi connectivity index (χ1n) is 11.2. The normalized spacial score (nSPS) is 23.3. The number of benzene rings is 3. The van der Waals surface area contributed by atoms with E-state index in [1.54, 1.807) is 12.1 Å². The van der Waals surface area contributed by atoms with Crippen molar-refractivity contribution in [3.63, 3.8) is 0 Å². The Morgan fingerprint density at radius 1 is 1.00 bits per heavy atom. The van der Waals surface area contributed by atoms with Crippen LogP contribution in [0.4, 0.5) is 11.4 Å². The number of hydrogen-bond donors (Lipinski definition) is 0. The molecule has 0 aromatic heterocycles. The van der Waals surface area contributed by atoms with E-state index < -0.39 is 4.92 Å². The van der Waals surface area contributed by atoms with Crippen molar-refractivity contribution in [1.82, 2.24) is 0 Å². The van der Waals surface area contributed by atoms with Crippen molar-refractivity contribution >= 4 is 17.1 Å². The number of nitro groups is 1. The zero-order chi connectivity index (χ0) is 22.6. The van der Waals surface area contributed by atoms with Crippen LogP contribution in [0.2, 0.25) is 0 Å². The second-order valence-corrected chi connectivity index (χ2v) is 8.36. The molecule has 0 spiro atoms. The molecular formula is C26H25N3O4. The number of fused-ring (bicyclic) bond motifs is 1. The highest BCUT2D eigenvalue weighted by Gasteiger charge is 2.48. The molecule has 0 unspecified atom stereocenters. The van der Waals surface area contributed by atoms with Crippen molar-refractivity contribution in [3.05, 3.63) is 106 Å². The van der Waals surface area contributed by atoms with Crippen LogP contribution in [-0.4, -0.2) is 16.7 Å². The molecule has 0 N–H and O–H groups in total. The molecule has 0 amide bonds. The number of oxime groups is 1. The van der Waals surface area contributed by atoms with Crippen molar-refractivity contribution in [1.29, 1.82) is 0 Å². The number of para-hydroxylation sites is 1. The Hall–Kier alpha value is -3.71. The van der Waals surface area contributed by atoms with E-state index in [1.807, 2.05) is 29.3 Å². The molecule has 0 radical (unpaired) electrons. The molecule has 1 aliphatic carbocycles. The maximum Gasteiger partial charge on any atom is 0.269 e. The molecule has 168 valence electrons. The second-order valence-electron chi connectivity index (χ2n) is 8.36. The molecular weight excluding hydrogens is 418 g/mol. The standard InChI is InChI=1S/C26H25N3O4/c30-29(31)22-16-14-19(15-17-22)18-32-27-23-12-7-13-24-25(23)26(20-8-3-1-4-9-20)28(33-24)21-10-5-2-6-11-21/h1-6,8-11,14-17,24-26H,7,12-13,18H2/b27-23-/t24-,25+,26-/m0/s1. The molecule has 3 aromatic carbocycles. The minimum Gasteiger partial charge on any atom is -0.391 e. The highest BCUT2D eigenvalue weighted by atomic mass is 16.7. The van der Waals surface area contributed by atoms with E-state index in [1.165, 1.54) is 17.7 Å². The molecule has 3 atom stereocenters. The van der Waals surface area contributed by atoms with Crippen LogP contribution in [0, 0.1) is 16.0 Å². The fourth-order valence-electron chi connectivity index (χ4n) is 4.71. The fourth-order valence-corrected chi connectivity index (χ4v) is 4.71. The van der Waals surface area contributed by atoms with Gasteiger partial charge in [0.1, 0.15) is 6.61 Å². The van der Waals surface area contributed by atoms with E-state index in [2.05, 4.69) is 41.6 Å². The van der Waals surface area contributed by atoms with Gasteiger partial charge < -0.3 is 4.84 Å². The topological polar surface area (TPSA) is 77.2 Å². The Morgan fingerprint density at radius 2 is 1.70 bits per heavy atom. The predicted octanol–water partition coefficient (Wildman–Crippen LogP) is 5.83. The summed E-state index contributed by atoms with van der Waals surface area (Å²) in [6.07, 6.45) is 2.85. The number of hydrogen-bond acceptors (Lipinski definition) is 6. The largest absolute Gasteiger partial charge is 0.391 e. The Bertz CT molecular complexity index is 1120. The summed E-state index contributed by atoms with van der Waals surface area (Å²) in [6.45, 7) is 0.262. The average molecular weight is 444 g/mol. The first kappa shape index (κ1) is 21.2. The van der Waals surface area contributed by atoms with Gasteiger partial charge in [-0.1, -0.05) is 53.7 Å². The van der Waals surface area contributed by atoms with Crippen LogP contribution < -0.4 is 5.06 Å². The van der Waals surface area contributed by atoms with Crippen molar-refractivity contribution in [3.8, 4) is 0 Å². The number of hydroxylamine groups is 1. The van der Waals surface area contributed by atoms with E-state index in [9.17, 15) is 10.1 Å². The summed E-state index contributed by atoms with van der Waals surface area (Å²) in [5.41, 5.74) is 4.10. The highest BCUT2D eigenvalue weighted by molar-refractivity contribution is 5.89. The van der Waals surface area contributed by atoms with E-state index in [4.69, 9.17) is 9.68 Å². The van der Waals surface area contributed by atoms with E-state index >= 15 is 0 Å². The van der Waals surface area contributed by atoms with Gasteiger partial charge >= 0.3 is 0 Å². The van der Waals surface area contributed by atoms with Crippen molar-refractivity contribution < 1.29 is 14.6 Å². The third kappa shape index (κ3) is 4.45. The number of rotatable bonds is 6. The van der Waals surface area contributed by atoms with Crippen LogP contribution >= 0.6 is 0 Å². The Kier molecular flexibility index (Phi) is 6.04. The Labute approximate surface area is 192 Å². The summed E-state index contributed by atoms with van der Waals surface area (Å²) in [7, 11) is 0. The van der Waals surface area contributed by atoms with Crippen LogP contribution in [0.15, 0.2) is 90.1 Å². The zero-order valence-electron chi connectivity index (χ0n) is 18.1. The lowest BCUT2D eigenvalue weighted by Gasteiger charge is -2.29. The Balaban J connectivity index is 1.40. The van der Waals surface area contributed by atoms with Crippen LogP contribution in [-0.2, 0) is 16.3 Å². The van der Waals surface area contributed by atoms with Crippen molar-refractivity contribution in [2.45, 2.75) is 38.0 Å². The summed E-state index contributed by atoms with van der Waals surface area (Å²) in [6, 6.07) is 26.9. The van der Waals surface area contributed by atoms with E-state index in [0.29, 0.717) is 0 Å². The minimum absolute atomic E-state index is 0.000579. The van der Waals surface area contributed by atoms with Crippen LogP contribution in [0.5, 0.6) is 0 Å². The molecule has 2 aliphatic rings. The summed E-state index contributed by atoms with van der Waals surface area (Å²) in [4.78, 5) is 22.7. The lowest BCUT2D eigenvalue weighted by Crippen LogP contribution is -2.33. The molecule has 1 saturated carbocycles. The molecule has 5 rings (SSSR count). The van der Waals surface area contributed by atoms with Gasteiger partial charge in [0.2, 0.25) is 0 Å². The molecule has 33 heavy (non-hydrogen) atoms. The highest BCUT2D eigenvalue weighted by Crippen LogP contribution is 2.47. The molecule has 1 aliphatic heterocycles. The molecule has 1 saturated heterocycles. The second kappa shape index (κ2) is 9.42. The minimum atomic E-state index is -0.407. The van der Waals surface area contributed by atoms with Gasteiger partial charge in [-0.15, -0.1) is 0 Å². The van der Waals surface area contributed by atoms with E-state index in [-0.39, 0.29) is 30.4 Å². The Morgan fingerprint density at radius 3 is 2.39 bits per heavy atom. The third-order valence-corrected chi connectivity index (χ3v) is 6.26. The summed E-state index contributed by atoms with van der Waals surface area (Å²) in [5, 5.41) is 17.4. The van der Waals surface area contributed by atoms with Gasteiger partial charge in [-0.2, -0.15) is 0 Å². The quantitative estimate of drug-likeness (QED) is 0.354. The van der Waals surface area contributed by atoms with Crippen molar-refractivity contribution in [2.24, 2.45) is 11.1 Å².